The summed E-state index contributed by atoms with van der Waals surface area (Å²) < 4.78 is 6.93. The van der Waals surface area contributed by atoms with Gasteiger partial charge in [0.1, 0.15) is 12.3 Å². The lowest BCUT2D eigenvalue weighted by Gasteiger charge is -2.17. The van der Waals surface area contributed by atoms with Gasteiger partial charge >= 0.3 is 12.1 Å². The molecular weight excluding hydrogens is 372 g/mol. The predicted octanol–water partition coefficient (Wildman–Crippen LogP) is 2.87. The van der Waals surface area contributed by atoms with Gasteiger partial charge in [0.2, 0.25) is 0 Å². The summed E-state index contributed by atoms with van der Waals surface area (Å²) in [6.07, 6.45) is 0.559. The summed E-state index contributed by atoms with van der Waals surface area (Å²) in [6.45, 7) is 0.153. The van der Waals surface area contributed by atoms with Crippen molar-refractivity contribution >= 4 is 12.1 Å². The second-order valence-electron chi connectivity index (χ2n) is 6.94. The van der Waals surface area contributed by atoms with Gasteiger partial charge < -0.3 is 15.2 Å². The van der Waals surface area contributed by atoms with Gasteiger partial charge in [0, 0.05) is 13.0 Å². The molecule has 0 unspecified atom stereocenters. The molecule has 0 spiro atoms. The van der Waals surface area contributed by atoms with Crippen molar-refractivity contribution in [2.75, 3.05) is 6.61 Å². The Morgan fingerprint density at radius 1 is 1.14 bits per heavy atom. The van der Waals surface area contributed by atoms with Crippen LogP contribution in [0, 0.1) is 0 Å². The third-order valence-corrected chi connectivity index (χ3v) is 4.99. The molecule has 1 amide bonds. The summed E-state index contributed by atoms with van der Waals surface area (Å²) in [5, 5.41) is 19.4. The lowest BCUT2D eigenvalue weighted by Crippen LogP contribution is -2.32. The van der Waals surface area contributed by atoms with Gasteiger partial charge in [-0.05, 0) is 22.3 Å². The number of aliphatic carboxylic acids is 1. The molecule has 0 saturated carbocycles. The van der Waals surface area contributed by atoms with Crippen LogP contribution < -0.4 is 5.32 Å². The maximum absolute atomic E-state index is 12.4. The number of nitrogens with zero attached hydrogens (tertiary/aromatic N) is 3. The van der Waals surface area contributed by atoms with Crippen molar-refractivity contribution in [3.05, 3.63) is 71.5 Å². The smallest absolute Gasteiger partial charge is 0.407 e. The van der Waals surface area contributed by atoms with Crippen LogP contribution in [0.5, 0.6) is 0 Å². The van der Waals surface area contributed by atoms with E-state index in [1.54, 1.807) is 13.2 Å². The van der Waals surface area contributed by atoms with E-state index in [9.17, 15) is 9.59 Å². The molecule has 2 aromatic carbocycles. The maximum atomic E-state index is 12.4. The number of hydrogen-bond donors (Lipinski definition) is 2. The monoisotopic (exact) mass is 392 g/mol. The van der Waals surface area contributed by atoms with Crippen molar-refractivity contribution in [3.63, 3.8) is 0 Å². The Kier molecular flexibility index (Phi) is 4.99. The topological polar surface area (TPSA) is 106 Å². The molecule has 0 saturated heterocycles. The molecule has 4 rings (SSSR count). The van der Waals surface area contributed by atoms with Crippen LogP contribution in [0.4, 0.5) is 4.79 Å². The standard InChI is InChI=1S/C21H20N4O4/c1-25-11-19(23-24-25)18(10-20(26)27)22-21(28)29-12-17-15-8-4-2-6-13(15)14-7-3-5-9-16(14)17/h2-9,11,17-18H,10,12H2,1H3,(H,22,28)(H,26,27)/t18-/m0/s1. The molecule has 0 aliphatic heterocycles. The Balaban J connectivity index is 1.47. The van der Waals surface area contributed by atoms with Crippen LogP contribution in [-0.2, 0) is 16.6 Å². The zero-order chi connectivity index (χ0) is 20.4. The van der Waals surface area contributed by atoms with E-state index in [0.717, 1.165) is 22.3 Å². The van der Waals surface area contributed by atoms with Gasteiger partial charge in [-0.3, -0.25) is 9.48 Å². The average molecular weight is 392 g/mol. The second-order valence-corrected chi connectivity index (χ2v) is 6.94. The van der Waals surface area contributed by atoms with E-state index >= 15 is 0 Å². The number of fused-ring (bicyclic) bond motifs is 3. The number of aromatic nitrogens is 3. The summed E-state index contributed by atoms with van der Waals surface area (Å²) in [7, 11) is 1.67. The normalized spacial score (nSPS) is 13.4. The van der Waals surface area contributed by atoms with E-state index in [1.807, 2.05) is 36.4 Å². The van der Waals surface area contributed by atoms with Crippen LogP contribution in [0.3, 0.4) is 0 Å². The van der Waals surface area contributed by atoms with Crippen LogP contribution in [0.2, 0.25) is 0 Å². The summed E-state index contributed by atoms with van der Waals surface area (Å²) in [5.74, 6) is -1.12. The minimum atomic E-state index is -1.06. The fourth-order valence-electron chi connectivity index (χ4n) is 3.71. The SMILES string of the molecule is Cn1cc([C@H](CC(=O)O)NC(=O)OCC2c3ccccc3-c3ccccc32)nn1. The summed E-state index contributed by atoms with van der Waals surface area (Å²) >= 11 is 0. The number of hydrogen-bond acceptors (Lipinski definition) is 5. The number of carboxylic acid groups (broad SMARTS) is 1. The molecule has 3 aromatic rings. The molecule has 148 valence electrons. The van der Waals surface area contributed by atoms with Gasteiger partial charge in [-0.25, -0.2) is 4.79 Å². The van der Waals surface area contributed by atoms with Gasteiger partial charge in [-0.2, -0.15) is 0 Å². The second kappa shape index (κ2) is 7.75. The number of carbonyl (C=O) groups is 2. The first-order valence-corrected chi connectivity index (χ1v) is 9.22. The number of aryl methyl sites for hydroxylation is 1. The minimum Gasteiger partial charge on any atom is -0.481 e. The molecule has 0 bridgehead atoms. The number of alkyl carbamates (subject to hydrolysis) is 1. The molecule has 1 aliphatic carbocycles. The number of nitrogens with one attached hydrogen (secondary N) is 1. The fraction of sp³-hybridized carbons (Fsp3) is 0.238. The molecule has 0 fully saturated rings. The van der Waals surface area contributed by atoms with E-state index in [4.69, 9.17) is 9.84 Å². The van der Waals surface area contributed by atoms with Gasteiger partial charge in [0.25, 0.3) is 0 Å². The molecule has 29 heavy (non-hydrogen) atoms. The molecule has 1 heterocycles. The lowest BCUT2D eigenvalue weighted by molar-refractivity contribution is -0.137. The molecule has 8 heteroatoms. The quantitative estimate of drug-likeness (QED) is 0.668. The first-order valence-electron chi connectivity index (χ1n) is 9.22. The van der Waals surface area contributed by atoms with E-state index in [2.05, 4.69) is 27.8 Å². The zero-order valence-electron chi connectivity index (χ0n) is 15.8. The highest BCUT2D eigenvalue weighted by atomic mass is 16.5. The van der Waals surface area contributed by atoms with Crippen LogP contribution in [0.15, 0.2) is 54.7 Å². The third-order valence-electron chi connectivity index (χ3n) is 4.99. The van der Waals surface area contributed by atoms with Gasteiger partial charge in [0.05, 0.1) is 18.7 Å². The van der Waals surface area contributed by atoms with Crippen LogP contribution in [-0.4, -0.2) is 38.8 Å². The number of ether oxygens (including phenoxy) is 1. The number of carbonyl (C=O) groups excluding carboxylic acids is 1. The van der Waals surface area contributed by atoms with E-state index in [1.165, 1.54) is 4.68 Å². The molecule has 0 radical (unpaired) electrons. The van der Waals surface area contributed by atoms with E-state index < -0.39 is 18.1 Å². The summed E-state index contributed by atoms with van der Waals surface area (Å²) in [4.78, 5) is 23.6. The number of carboxylic acids is 1. The third kappa shape index (κ3) is 3.82. The Hall–Kier alpha value is -3.68. The Labute approximate surface area is 167 Å². The van der Waals surface area contributed by atoms with Gasteiger partial charge in [0.15, 0.2) is 0 Å². The van der Waals surface area contributed by atoms with Crippen molar-refractivity contribution in [1.29, 1.82) is 0 Å². The van der Waals surface area contributed by atoms with Crippen LogP contribution in [0.1, 0.15) is 35.2 Å². The fourth-order valence-corrected chi connectivity index (χ4v) is 3.71. The molecular formula is C21H20N4O4. The lowest BCUT2D eigenvalue weighted by atomic mass is 9.98. The molecule has 2 N–H and O–H groups in total. The molecule has 8 nitrogen and oxygen atoms in total. The molecule has 1 atom stereocenters. The highest BCUT2D eigenvalue weighted by Crippen LogP contribution is 2.44. The number of amides is 1. The Morgan fingerprint density at radius 2 is 1.76 bits per heavy atom. The van der Waals surface area contributed by atoms with Crippen LogP contribution >= 0.6 is 0 Å². The highest BCUT2D eigenvalue weighted by molar-refractivity contribution is 5.79. The predicted molar refractivity (Wildman–Crippen MR) is 104 cm³/mol. The summed E-state index contributed by atoms with van der Waals surface area (Å²) in [5.41, 5.74) is 4.86. The average Bonchev–Trinajstić information content (AvgIpc) is 3.27. The van der Waals surface area contributed by atoms with Gasteiger partial charge in [-0.1, -0.05) is 53.7 Å². The van der Waals surface area contributed by atoms with Crippen molar-refractivity contribution in [2.24, 2.45) is 7.05 Å². The first kappa shape index (κ1) is 18.7. The Bertz CT molecular complexity index is 1020. The summed E-state index contributed by atoms with van der Waals surface area (Å²) in [6, 6.07) is 15.3. The van der Waals surface area contributed by atoms with Crippen LogP contribution in [0.25, 0.3) is 11.1 Å². The van der Waals surface area contributed by atoms with E-state index in [-0.39, 0.29) is 18.9 Å². The maximum Gasteiger partial charge on any atom is 0.407 e. The first-order chi connectivity index (χ1) is 14.0. The number of rotatable bonds is 6. The van der Waals surface area contributed by atoms with Gasteiger partial charge in [-0.15, -0.1) is 5.10 Å². The molecule has 1 aliphatic rings. The van der Waals surface area contributed by atoms with Crippen molar-refractivity contribution in [2.45, 2.75) is 18.4 Å². The Morgan fingerprint density at radius 3 is 2.31 bits per heavy atom. The zero-order valence-corrected chi connectivity index (χ0v) is 15.8. The van der Waals surface area contributed by atoms with Crippen molar-refractivity contribution in [1.82, 2.24) is 20.3 Å². The van der Waals surface area contributed by atoms with Crippen molar-refractivity contribution < 1.29 is 19.4 Å². The highest BCUT2D eigenvalue weighted by Gasteiger charge is 2.29. The van der Waals surface area contributed by atoms with E-state index in [0.29, 0.717) is 5.69 Å². The number of benzene rings is 2. The largest absolute Gasteiger partial charge is 0.481 e. The minimum absolute atomic E-state index is 0.0670. The molecule has 1 aromatic heterocycles. The van der Waals surface area contributed by atoms with Crippen molar-refractivity contribution in [3.8, 4) is 11.1 Å².